The summed E-state index contributed by atoms with van der Waals surface area (Å²) in [5.41, 5.74) is 5.56. The van der Waals surface area contributed by atoms with Gasteiger partial charge in [0.2, 0.25) is 0 Å². The van der Waals surface area contributed by atoms with E-state index in [0.29, 0.717) is 19.1 Å². The molecule has 0 spiro atoms. The first-order valence-electron chi connectivity index (χ1n) is 10.3. The average Bonchev–Trinajstić information content (AvgIpc) is 3.14. The fourth-order valence-corrected chi connectivity index (χ4v) is 4.20. The highest BCUT2D eigenvalue weighted by Crippen LogP contribution is 2.35. The van der Waals surface area contributed by atoms with Crippen LogP contribution in [0.25, 0.3) is 0 Å². The molecule has 8 nitrogen and oxygen atoms in total. The first kappa shape index (κ1) is 19.7. The van der Waals surface area contributed by atoms with Gasteiger partial charge in [0.1, 0.15) is 0 Å². The average molecular weight is 399 g/mol. The molecule has 2 aromatic rings. The molecule has 156 valence electrons. The quantitative estimate of drug-likeness (QED) is 0.860. The van der Waals surface area contributed by atoms with Crippen LogP contribution in [-0.4, -0.2) is 59.5 Å². The van der Waals surface area contributed by atoms with Gasteiger partial charge in [-0.05, 0) is 38.3 Å². The molecule has 0 bridgehead atoms. The van der Waals surface area contributed by atoms with E-state index in [9.17, 15) is 4.79 Å². The van der Waals surface area contributed by atoms with Gasteiger partial charge in [-0.1, -0.05) is 0 Å². The van der Waals surface area contributed by atoms with Crippen molar-refractivity contribution in [2.24, 2.45) is 0 Å². The van der Waals surface area contributed by atoms with Gasteiger partial charge >= 0.3 is 6.03 Å². The van der Waals surface area contributed by atoms with Gasteiger partial charge in [-0.2, -0.15) is 5.10 Å². The summed E-state index contributed by atoms with van der Waals surface area (Å²) in [4.78, 5) is 20.7. The van der Waals surface area contributed by atoms with Crippen molar-refractivity contribution in [2.75, 3.05) is 38.8 Å². The van der Waals surface area contributed by atoms with E-state index in [4.69, 9.17) is 9.84 Å². The Labute approximate surface area is 171 Å². The van der Waals surface area contributed by atoms with Crippen LogP contribution < -0.4 is 10.2 Å². The van der Waals surface area contributed by atoms with E-state index in [1.54, 1.807) is 7.05 Å². The number of pyridine rings is 1. The van der Waals surface area contributed by atoms with Gasteiger partial charge in [0.05, 0.1) is 24.5 Å². The predicted molar refractivity (Wildman–Crippen MR) is 112 cm³/mol. The van der Waals surface area contributed by atoms with Crippen molar-refractivity contribution in [3.05, 3.63) is 34.8 Å². The number of rotatable bonds is 3. The summed E-state index contributed by atoms with van der Waals surface area (Å²) in [6.07, 6.45) is 4.65. The molecule has 0 unspecified atom stereocenters. The molecule has 0 aromatic carbocycles. The van der Waals surface area contributed by atoms with Crippen molar-refractivity contribution in [1.82, 2.24) is 25.0 Å². The van der Waals surface area contributed by atoms with Gasteiger partial charge in [0, 0.05) is 57.2 Å². The van der Waals surface area contributed by atoms with Crippen molar-refractivity contribution in [1.29, 1.82) is 0 Å². The molecular weight excluding hydrogens is 368 g/mol. The summed E-state index contributed by atoms with van der Waals surface area (Å²) in [6, 6.07) is 2.45. The molecule has 2 aromatic heterocycles. The Hall–Kier alpha value is -2.61. The van der Waals surface area contributed by atoms with Crippen LogP contribution >= 0.6 is 0 Å². The molecule has 1 fully saturated rings. The third kappa shape index (κ3) is 3.69. The van der Waals surface area contributed by atoms with Gasteiger partial charge in [-0.25, -0.2) is 4.79 Å². The van der Waals surface area contributed by atoms with Crippen molar-refractivity contribution in [3.63, 3.8) is 0 Å². The second kappa shape index (κ2) is 8.02. The van der Waals surface area contributed by atoms with E-state index in [1.807, 2.05) is 25.1 Å². The van der Waals surface area contributed by atoms with Gasteiger partial charge in [0.25, 0.3) is 0 Å². The van der Waals surface area contributed by atoms with E-state index < -0.39 is 0 Å². The predicted octanol–water partition coefficient (Wildman–Crippen LogP) is 2.71. The number of aryl methyl sites for hydroxylation is 2. The molecule has 0 atom stereocenters. The maximum Gasteiger partial charge on any atom is 0.317 e. The van der Waals surface area contributed by atoms with Gasteiger partial charge < -0.3 is 19.9 Å². The molecular formula is C21H30N6O2. The Balaban J connectivity index is 1.74. The Morgan fingerprint density at radius 2 is 2.07 bits per heavy atom. The number of hydrogen-bond acceptors (Lipinski definition) is 5. The number of ether oxygens (including phenoxy) is 1. The molecule has 0 radical (unpaired) electrons. The number of amides is 2. The maximum atomic E-state index is 12.3. The number of carbonyl (C=O) groups is 1. The largest absolute Gasteiger partial charge is 0.381 e. The molecule has 0 saturated carbocycles. The Bertz CT molecular complexity index is 903. The lowest BCUT2D eigenvalue weighted by Crippen LogP contribution is -2.41. The summed E-state index contributed by atoms with van der Waals surface area (Å²) in [5.74, 6) is 0.908. The number of aromatic nitrogens is 3. The van der Waals surface area contributed by atoms with Crippen LogP contribution in [0.5, 0.6) is 0 Å². The molecule has 4 rings (SSSR count). The van der Waals surface area contributed by atoms with Crippen molar-refractivity contribution < 1.29 is 9.53 Å². The van der Waals surface area contributed by atoms with Crippen molar-refractivity contribution >= 4 is 17.5 Å². The summed E-state index contributed by atoms with van der Waals surface area (Å²) in [5, 5.41) is 7.81. The summed E-state index contributed by atoms with van der Waals surface area (Å²) in [6.45, 7) is 6.91. The monoisotopic (exact) mass is 398 g/mol. The van der Waals surface area contributed by atoms with E-state index in [0.717, 1.165) is 60.8 Å². The highest BCUT2D eigenvalue weighted by Gasteiger charge is 2.31. The van der Waals surface area contributed by atoms with Gasteiger partial charge in [-0.3, -0.25) is 9.67 Å². The minimum absolute atomic E-state index is 0.0454. The molecule has 4 heterocycles. The molecule has 2 aliphatic rings. The van der Waals surface area contributed by atoms with Crippen LogP contribution in [0.1, 0.15) is 41.4 Å². The van der Waals surface area contributed by atoms with Crippen LogP contribution in [-0.2, 0) is 17.7 Å². The van der Waals surface area contributed by atoms with E-state index >= 15 is 0 Å². The molecule has 8 heteroatoms. The number of nitrogens with zero attached hydrogens (tertiary/aromatic N) is 5. The minimum atomic E-state index is -0.0454. The highest BCUT2D eigenvalue weighted by atomic mass is 16.5. The fourth-order valence-electron chi connectivity index (χ4n) is 4.20. The molecule has 2 aliphatic heterocycles. The molecule has 0 aliphatic carbocycles. The van der Waals surface area contributed by atoms with E-state index in [-0.39, 0.29) is 6.03 Å². The summed E-state index contributed by atoms with van der Waals surface area (Å²) >= 11 is 0. The number of urea groups is 1. The smallest absolute Gasteiger partial charge is 0.317 e. The van der Waals surface area contributed by atoms with Gasteiger partial charge in [0.15, 0.2) is 5.82 Å². The second-order valence-electron chi connectivity index (χ2n) is 7.92. The van der Waals surface area contributed by atoms with Crippen LogP contribution in [0.2, 0.25) is 0 Å². The first-order chi connectivity index (χ1) is 14.0. The highest BCUT2D eigenvalue weighted by molar-refractivity contribution is 5.75. The lowest BCUT2D eigenvalue weighted by atomic mass is 10.0. The van der Waals surface area contributed by atoms with Crippen LogP contribution in [0.15, 0.2) is 12.3 Å². The number of anilines is 2. The summed E-state index contributed by atoms with van der Waals surface area (Å²) < 4.78 is 7.76. The normalized spacial score (nSPS) is 17.2. The third-order valence-corrected chi connectivity index (χ3v) is 6.13. The zero-order chi connectivity index (χ0) is 20.5. The zero-order valence-corrected chi connectivity index (χ0v) is 17.7. The van der Waals surface area contributed by atoms with Gasteiger partial charge in [-0.15, -0.1) is 0 Å². The van der Waals surface area contributed by atoms with E-state index in [2.05, 4.69) is 32.9 Å². The Kier molecular flexibility index (Phi) is 5.45. The number of carbonyl (C=O) groups excluding carboxylic acids is 1. The summed E-state index contributed by atoms with van der Waals surface area (Å²) in [7, 11) is 3.71. The second-order valence-corrected chi connectivity index (χ2v) is 7.92. The van der Waals surface area contributed by atoms with Crippen LogP contribution in [0, 0.1) is 13.8 Å². The van der Waals surface area contributed by atoms with Crippen LogP contribution in [0.3, 0.4) is 0 Å². The standard InChI is InChI=1S/C21H30N6O2/c1-14-11-17(12-23-15(14)2)25(4)20-18-13-26(21(28)22-3)8-5-19(18)27(24-20)16-6-9-29-10-7-16/h11-12,16H,5-10,13H2,1-4H3,(H,22,28). The SMILES string of the molecule is CNC(=O)N1CCc2c(c(N(C)c3cnc(C)c(C)c3)nn2C2CCOCC2)C1. The number of fused-ring (bicyclic) bond motifs is 1. The zero-order valence-electron chi connectivity index (χ0n) is 17.7. The molecule has 29 heavy (non-hydrogen) atoms. The Morgan fingerprint density at radius 3 is 2.76 bits per heavy atom. The van der Waals surface area contributed by atoms with E-state index in [1.165, 1.54) is 5.69 Å². The topological polar surface area (TPSA) is 75.5 Å². The fraction of sp³-hybridized carbons (Fsp3) is 0.571. The molecule has 1 saturated heterocycles. The van der Waals surface area contributed by atoms with Crippen LogP contribution in [0.4, 0.5) is 16.3 Å². The minimum Gasteiger partial charge on any atom is -0.381 e. The third-order valence-electron chi connectivity index (χ3n) is 6.13. The lowest BCUT2D eigenvalue weighted by Gasteiger charge is -2.30. The Morgan fingerprint density at radius 1 is 1.31 bits per heavy atom. The number of nitrogens with one attached hydrogen (secondary N) is 1. The first-order valence-corrected chi connectivity index (χ1v) is 10.3. The number of hydrogen-bond donors (Lipinski definition) is 1. The lowest BCUT2D eigenvalue weighted by molar-refractivity contribution is 0.0651. The van der Waals surface area contributed by atoms with Crippen molar-refractivity contribution in [3.8, 4) is 0 Å². The maximum absolute atomic E-state index is 12.3. The molecule has 2 amide bonds. The van der Waals surface area contributed by atoms with Crippen molar-refractivity contribution in [2.45, 2.75) is 45.7 Å². The molecule has 1 N–H and O–H groups in total.